The molecule has 2 aromatic rings. The number of rotatable bonds is 7. The van der Waals surface area contributed by atoms with E-state index in [0.717, 1.165) is 0 Å². The molecule has 0 aliphatic carbocycles. The Morgan fingerprint density at radius 2 is 1.81 bits per heavy atom. The lowest BCUT2D eigenvalue weighted by molar-refractivity contribution is -0.384. The number of benzene rings is 2. The number of nitro benzene ring substituents is 1. The maximum Gasteiger partial charge on any atom is 0.324 e. The van der Waals surface area contributed by atoms with E-state index in [4.69, 9.17) is 27.9 Å². The van der Waals surface area contributed by atoms with Crippen LogP contribution in [0, 0.1) is 10.1 Å². The summed E-state index contributed by atoms with van der Waals surface area (Å²) >= 11 is 11.6. The molecule has 2 aromatic carbocycles. The summed E-state index contributed by atoms with van der Waals surface area (Å²) in [6, 6.07) is 8.02. The van der Waals surface area contributed by atoms with Crippen LogP contribution in [0.1, 0.15) is 12.5 Å². The van der Waals surface area contributed by atoms with Crippen molar-refractivity contribution in [2.75, 3.05) is 0 Å². The first-order chi connectivity index (χ1) is 12.6. The predicted octanol–water partition coefficient (Wildman–Crippen LogP) is 3.31. The Labute approximate surface area is 165 Å². The molecule has 0 amide bonds. The molecule has 0 aliphatic heterocycles. The number of nitro groups is 1. The average molecular weight is 433 g/mol. The highest BCUT2D eigenvalue weighted by molar-refractivity contribution is 7.89. The molecule has 0 radical (unpaired) electrons. The Hall–Kier alpha value is -2.20. The third-order valence-electron chi connectivity index (χ3n) is 3.42. The van der Waals surface area contributed by atoms with Crippen molar-refractivity contribution in [3.8, 4) is 0 Å². The second-order valence-electron chi connectivity index (χ2n) is 5.45. The summed E-state index contributed by atoms with van der Waals surface area (Å²) in [5.41, 5.74) is 0.432. The number of hydrogen-bond donors (Lipinski definition) is 1. The molecule has 8 nitrogen and oxygen atoms in total. The van der Waals surface area contributed by atoms with Crippen LogP contribution in [0.2, 0.25) is 10.0 Å². The molecule has 0 heterocycles. The van der Waals surface area contributed by atoms with E-state index in [2.05, 4.69) is 4.72 Å². The van der Waals surface area contributed by atoms with Crippen molar-refractivity contribution in [1.82, 2.24) is 4.72 Å². The fourth-order valence-corrected chi connectivity index (χ4v) is 3.57. The molecule has 0 saturated heterocycles. The Morgan fingerprint density at radius 1 is 1.19 bits per heavy atom. The number of nitrogens with one attached hydrogen (secondary N) is 1. The van der Waals surface area contributed by atoms with Gasteiger partial charge in [0.05, 0.1) is 19.9 Å². The molecule has 0 unspecified atom stereocenters. The summed E-state index contributed by atoms with van der Waals surface area (Å²) in [6.07, 6.45) is 0. The lowest BCUT2D eigenvalue weighted by Crippen LogP contribution is -2.39. The van der Waals surface area contributed by atoms with Crippen LogP contribution in [0.15, 0.2) is 47.4 Å². The van der Waals surface area contributed by atoms with Gasteiger partial charge in [0.15, 0.2) is 0 Å². The molecule has 0 fully saturated rings. The molecule has 2 rings (SSSR count). The van der Waals surface area contributed by atoms with E-state index < -0.39 is 27.0 Å². The van der Waals surface area contributed by atoms with Crippen LogP contribution in [-0.4, -0.2) is 25.4 Å². The Kier molecular flexibility index (Phi) is 6.77. The summed E-state index contributed by atoms with van der Waals surface area (Å²) in [7, 11) is -4.01. The highest BCUT2D eigenvalue weighted by Crippen LogP contribution is 2.24. The topological polar surface area (TPSA) is 116 Å². The van der Waals surface area contributed by atoms with Gasteiger partial charge in [0, 0.05) is 12.1 Å². The number of halogens is 2. The molecular weight excluding hydrogens is 419 g/mol. The van der Waals surface area contributed by atoms with Gasteiger partial charge in [-0.05, 0) is 42.8 Å². The van der Waals surface area contributed by atoms with Gasteiger partial charge in [-0.25, -0.2) is 8.42 Å². The van der Waals surface area contributed by atoms with Gasteiger partial charge in [0.2, 0.25) is 10.0 Å². The maximum absolute atomic E-state index is 12.3. The number of nitrogens with zero attached hydrogens (tertiary/aromatic N) is 1. The van der Waals surface area contributed by atoms with Crippen LogP contribution in [0.25, 0.3) is 0 Å². The molecule has 1 N–H and O–H groups in total. The monoisotopic (exact) mass is 432 g/mol. The number of carbonyl (C=O) groups excluding carboxylic acids is 1. The van der Waals surface area contributed by atoms with Crippen molar-refractivity contribution in [2.45, 2.75) is 24.5 Å². The van der Waals surface area contributed by atoms with Gasteiger partial charge in [-0.1, -0.05) is 23.2 Å². The first-order valence-corrected chi connectivity index (χ1v) is 9.71. The first kappa shape index (κ1) is 21.1. The fraction of sp³-hybridized carbons (Fsp3) is 0.188. The van der Waals surface area contributed by atoms with E-state index in [9.17, 15) is 23.3 Å². The first-order valence-electron chi connectivity index (χ1n) is 7.47. The third kappa shape index (κ3) is 5.64. The SMILES string of the molecule is C[C@@H](NS(=O)(=O)c1ccc(Cl)c(Cl)c1)C(=O)OCc1ccc([N+](=O)[O-])cc1. The average Bonchev–Trinajstić information content (AvgIpc) is 2.61. The number of non-ortho nitro benzene ring substituents is 1. The zero-order chi connectivity index (χ0) is 20.2. The van der Waals surface area contributed by atoms with E-state index in [-0.39, 0.29) is 27.2 Å². The molecule has 27 heavy (non-hydrogen) atoms. The zero-order valence-electron chi connectivity index (χ0n) is 13.9. The molecule has 0 aliphatic rings. The van der Waals surface area contributed by atoms with Gasteiger partial charge < -0.3 is 4.74 Å². The fourth-order valence-electron chi connectivity index (χ4n) is 1.99. The van der Waals surface area contributed by atoms with E-state index >= 15 is 0 Å². The van der Waals surface area contributed by atoms with Crippen molar-refractivity contribution >= 4 is 44.9 Å². The molecular formula is C16H14Cl2N2O6S. The second-order valence-corrected chi connectivity index (χ2v) is 7.98. The van der Waals surface area contributed by atoms with E-state index in [0.29, 0.717) is 5.56 Å². The number of carbonyl (C=O) groups is 1. The summed E-state index contributed by atoms with van der Waals surface area (Å²) in [5.74, 6) is -0.808. The summed E-state index contributed by atoms with van der Waals surface area (Å²) in [4.78, 5) is 21.9. The van der Waals surface area contributed by atoms with E-state index in [1.165, 1.54) is 49.4 Å². The molecule has 0 saturated carbocycles. The Bertz CT molecular complexity index is 963. The quantitative estimate of drug-likeness (QED) is 0.407. The van der Waals surface area contributed by atoms with Gasteiger partial charge in [0.25, 0.3) is 5.69 Å². The van der Waals surface area contributed by atoms with Crippen molar-refractivity contribution in [2.24, 2.45) is 0 Å². The zero-order valence-corrected chi connectivity index (χ0v) is 16.2. The summed E-state index contributed by atoms with van der Waals surface area (Å²) in [6.45, 7) is 1.17. The van der Waals surface area contributed by atoms with Gasteiger partial charge in [0.1, 0.15) is 12.6 Å². The molecule has 0 spiro atoms. The minimum absolute atomic E-state index is 0.0629. The smallest absolute Gasteiger partial charge is 0.324 e. The molecule has 11 heteroatoms. The van der Waals surface area contributed by atoms with Crippen molar-refractivity contribution in [1.29, 1.82) is 0 Å². The Morgan fingerprint density at radius 3 is 2.37 bits per heavy atom. The largest absolute Gasteiger partial charge is 0.460 e. The molecule has 0 aromatic heterocycles. The minimum Gasteiger partial charge on any atom is -0.460 e. The minimum atomic E-state index is -4.01. The van der Waals surface area contributed by atoms with Crippen LogP contribution in [0.5, 0.6) is 0 Å². The molecule has 1 atom stereocenters. The number of hydrogen-bond acceptors (Lipinski definition) is 6. The van der Waals surface area contributed by atoms with E-state index in [1.54, 1.807) is 0 Å². The van der Waals surface area contributed by atoms with Crippen molar-refractivity contribution in [3.05, 3.63) is 68.2 Å². The van der Waals surface area contributed by atoms with Crippen molar-refractivity contribution < 1.29 is 22.9 Å². The number of sulfonamides is 1. The van der Waals surface area contributed by atoms with E-state index in [1.807, 2.05) is 0 Å². The molecule has 144 valence electrons. The highest BCUT2D eigenvalue weighted by Gasteiger charge is 2.23. The maximum atomic E-state index is 12.3. The van der Waals surface area contributed by atoms with Gasteiger partial charge in [-0.3, -0.25) is 14.9 Å². The summed E-state index contributed by atoms with van der Waals surface area (Å²) in [5, 5.41) is 10.9. The third-order valence-corrected chi connectivity index (χ3v) is 5.69. The van der Waals surface area contributed by atoms with Gasteiger partial charge in [-0.2, -0.15) is 4.72 Å². The normalized spacial score (nSPS) is 12.4. The standard InChI is InChI=1S/C16H14Cl2N2O6S/c1-10(19-27(24,25)13-6-7-14(17)15(18)8-13)16(21)26-9-11-2-4-12(5-3-11)20(22)23/h2-8,10,19H,9H2,1H3/t10-/m1/s1. The van der Waals surface area contributed by atoms with Crippen LogP contribution in [0.3, 0.4) is 0 Å². The number of ether oxygens (including phenoxy) is 1. The molecule has 0 bridgehead atoms. The van der Waals surface area contributed by atoms with Crippen molar-refractivity contribution in [3.63, 3.8) is 0 Å². The second kappa shape index (κ2) is 8.66. The lowest BCUT2D eigenvalue weighted by atomic mass is 10.2. The lowest BCUT2D eigenvalue weighted by Gasteiger charge is -2.14. The highest BCUT2D eigenvalue weighted by atomic mass is 35.5. The van der Waals surface area contributed by atoms with Gasteiger partial charge >= 0.3 is 5.97 Å². The van der Waals surface area contributed by atoms with Gasteiger partial charge in [-0.15, -0.1) is 0 Å². The summed E-state index contributed by atoms with van der Waals surface area (Å²) < 4.78 is 31.8. The van der Waals surface area contributed by atoms with Crippen LogP contribution >= 0.6 is 23.2 Å². The predicted molar refractivity (Wildman–Crippen MR) is 99.1 cm³/mol. The van der Waals surface area contributed by atoms with Crippen LogP contribution in [-0.2, 0) is 26.2 Å². The van der Waals surface area contributed by atoms with Crippen LogP contribution in [0.4, 0.5) is 5.69 Å². The Balaban J connectivity index is 1.98. The number of esters is 1. The van der Waals surface area contributed by atoms with Crippen LogP contribution < -0.4 is 4.72 Å².